The summed E-state index contributed by atoms with van der Waals surface area (Å²) < 4.78 is 24.5. The summed E-state index contributed by atoms with van der Waals surface area (Å²) in [6, 6.07) is 2.70. The molecule has 0 radical (unpaired) electrons. The molecule has 1 aliphatic heterocycles. The number of nitrogens with one attached hydrogen (secondary N) is 1. The van der Waals surface area contributed by atoms with Crippen LogP contribution < -0.4 is 5.32 Å². The molecule has 0 unspecified atom stereocenters. The Bertz CT molecular complexity index is 655. The molecule has 0 atom stereocenters. The van der Waals surface area contributed by atoms with E-state index in [0.29, 0.717) is 26.3 Å². The molecule has 0 spiro atoms. The summed E-state index contributed by atoms with van der Waals surface area (Å²) in [6.07, 6.45) is -0.673. The second-order valence-electron chi connectivity index (χ2n) is 6.69. The normalized spacial score (nSPS) is 15.0. The molecule has 0 bridgehead atoms. The maximum Gasteiger partial charge on any atom is 0.407 e. The zero-order chi connectivity index (χ0) is 18.6. The summed E-state index contributed by atoms with van der Waals surface area (Å²) in [5, 5.41) is 2.30. The van der Waals surface area contributed by atoms with Crippen LogP contribution in [-0.4, -0.2) is 48.8 Å². The molecule has 138 valence electrons. The zero-order valence-corrected chi connectivity index (χ0v) is 15.3. The number of carbonyl (C=O) groups excluding carboxylic acids is 2. The summed E-state index contributed by atoms with van der Waals surface area (Å²) in [5.74, 6) is -0.917. The first-order chi connectivity index (χ1) is 11.7. The van der Waals surface area contributed by atoms with Crippen molar-refractivity contribution in [3.63, 3.8) is 0 Å². The quantitative estimate of drug-likeness (QED) is 0.885. The number of rotatable bonds is 3. The molecule has 6 nitrogen and oxygen atoms in total. The lowest BCUT2D eigenvalue weighted by molar-refractivity contribution is 0.0303. The average Bonchev–Trinajstić information content (AvgIpc) is 2.54. The van der Waals surface area contributed by atoms with Gasteiger partial charge in [0.1, 0.15) is 11.4 Å². The lowest BCUT2D eigenvalue weighted by atomic mass is 10.1. The van der Waals surface area contributed by atoms with Crippen LogP contribution in [-0.2, 0) is 16.0 Å². The Morgan fingerprint density at radius 2 is 1.96 bits per heavy atom. The second-order valence-corrected chi connectivity index (χ2v) is 7.10. The number of alkyl carbamates (subject to hydrolysis) is 1. The third-order valence-corrected chi connectivity index (χ3v) is 3.75. The van der Waals surface area contributed by atoms with Crippen molar-refractivity contribution < 1.29 is 23.5 Å². The van der Waals surface area contributed by atoms with Gasteiger partial charge >= 0.3 is 6.09 Å². The van der Waals surface area contributed by atoms with Crippen LogP contribution in [0.25, 0.3) is 0 Å². The van der Waals surface area contributed by atoms with Crippen molar-refractivity contribution in [2.45, 2.75) is 32.9 Å². The minimum atomic E-state index is -0.673. The van der Waals surface area contributed by atoms with Gasteiger partial charge in [0.25, 0.3) is 5.91 Å². The molecule has 1 aromatic rings. The van der Waals surface area contributed by atoms with Crippen LogP contribution >= 0.6 is 11.6 Å². The van der Waals surface area contributed by atoms with Crippen molar-refractivity contribution in [2.24, 2.45) is 0 Å². The van der Waals surface area contributed by atoms with Gasteiger partial charge < -0.3 is 19.7 Å². The van der Waals surface area contributed by atoms with Crippen LogP contribution in [0.4, 0.5) is 9.18 Å². The van der Waals surface area contributed by atoms with E-state index >= 15 is 0 Å². The van der Waals surface area contributed by atoms with E-state index in [9.17, 15) is 14.0 Å². The SMILES string of the molecule is CC(C)(C)OC(=O)NCc1cc(C(=O)N2CCOCC2)cc(Cl)c1F. The minimum absolute atomic E-state index is 0.120. The van der Waals surface area contributed by atoms with Crippen LogP contribution in [0.5, 0.6) is 0 Å². The topological polar surface area (TPSA) is 67.9 Å². The number of nitrogens with zero attached hydrogens (tertiary/aromatic N) is 1. The molecule has 8 heteroatoms. The highest BCUT2D eigenvalue weighted by atomic mass is 35.5. The van der Waals surface area contributed by atoms with Crippen LogP contribution in [0.15, 0.2) is 12.1 Å². The van der Waals surface area contributed by atoms with E-state index in [2.05, 4.69) is 5.32 Å². The van der Waals surface area contributed by atoms with Gasteiger partial charge in [-0.1, -0.05) is 11.6 Å². The van der Waals surface area contributed by atoms with Crippen LogP contribution in [0, 0.1) is 5.82 Å². The summed E-state index contributed by atoms with van der Waals surface area (Å²) in [7, 11) is 0. The largest absolute Gasteiger partial charge is 0.444 e. The van der Waals surface area contributed by atoms with Gasteiger partial charge in [-0.3, -0.25) is 4.79 Å². The molecule has 1 aromatic carbocycles. The van der Waals surface area contributed by atoms with E-state index in [1.54, 1.807) is 25.7 Å². The van der Waals surface area contributed by atoms with Crippen molar-refractivity contribution in [1.82, 2.24) is 10.2 Å². The molecule has 0 aliphatic carbocycles. The van der Waals surface area contributed by atoms with Gasteiger partial charge in [0.2, 0.25) is 0 Å². The molecule has 1 heterocycles. The van der Waals surface area contributed by atoms with Crippen LogP contribution in [0.1, 0.15) is 36.7 Å². The third kappa shape index (κ3) is 5.57. The summed E-state index contributed by atoms with van der Waals surface area (Å²) >= 11 is 5.91. The van der Waals surface area contributed by atoms with E-state index in [1.165, 1.54) is 12.1 Å². The molecule has 0 saturated carbocycles. The van der Waals surface area contributed by atoms with Crippen molar-refractivity contribution in [2.75, 3.05) is 26.3 Å². The van der Waals surface area contributed by atoms with Gasteiger partial charge in [-0.25, -0.2) is 9.18 Å². The highest BCUT2D eigenvalue weighted by Crippen LogP contribution is 2.22. The zero-order valence-electron chi connectivity index (χ0n) is 14.5. The lowest BCUT2D eigenvalue weighted by Gasteiger charge is -2.27. The standard InChI is InChI=1S/C17H22ClFN2O4/c1-17(2,3)25-16(23)20-10-12-8-11(9-13(18)14(12)19)15(22)21-4-6-24-7-5-21/h8-9H,4-7,10H2,1-3H3,(H,20,23). The van der Waals surface area contributed by atoms with Gasteiger partial charge in [0.05, 0.1) is 18.2 Å². The Labute approximate surface area is 151 Å². The van der Waals surface area contributed by atoms with E-state index in [-0.39, 0.29) is 28.6 Å². The minimum Gasteiger partial charge on any atom is -0.444 e. The number of hydrogen-bond acceptors (Lipinski definition) is 4. The first-order valence-corrected chi connectivity index (χ1v) is 8.37. The van der Waals surface area contributed by atoms with Crippen LogP contribution in [0.2, 0.25) is 5.02 Å². The maximum absolute atomic E-state index is 14.2. The Morgan fingerprint density at radius 3 is 2.56 bits per heavy atom. The monoisotopic (exact) mass is 372 g/mol. The number of hydrogen-bond donors (Lipinski definition) is 1. The first kappa shape index (κ1) is 19.5. The van der Waals surface area contributed by atoms with Crippen molar-refractivity contribution in [3.8, 4) is 0 Å². The predicted octanol–water partition coefficient (Wildman–Crippen LogP) is 2.98. The van der Waals surface area contributed by atoms with E-state index < -0.39 is 17.5 Å². The Balaban J connectivity index is 2.11. The number of halogens is 2. The second kappa shape index (κ2) is 8.01. The number of amides is 2. The van der Waals surface area contributed by atoms with E-state index in [0.717, 1.165) is 0 Å². The van der Waals surface area contributed by atoms with Gasteiger partial charge in [-0.15, -0.1) is 0 Å². The van der Waals surface area contributed by atoms with Crippen LogP contribution in [0.3, 0.4) is 0 Å². The maximum atomic E-state index is 14.2. The predicted molar refractivity (Wildman–Crippen MR) is 91.2 cm³/mol. The van der Waals surface area contributed by atoms with Crippen molar-refractivity contribution >= 4 is 23.6 Å². The highest BCUT2D eigenvalue weighted by Gasteiger charge is 2.22. The molecular weight excluding hydrogens is 351 g/mol. The molecule has 25 heavy (non-hydrogen) atoms. The third-order valence-electron chi connectivity index (χ3n) is 3.47. The van der Waals surface area contributed by atoms with E-state index in [4.69, 9.17) is 21.1 Å². The highest BCUT2D eigenvalue weighted by molar-refractivity contribution is 6.31. The van der Waals surface area contributed by atoms with E-state index in [1.807, 2.05) is 0 Å². The Kier molecular flexibility index (Phi) is 6.24. The molecule has 1 N–H and O–H groups in total. The molecule has 2 amide bonds. The fourth-order valence-electron chi connectivity index (χ4n) is 2.33. The van der Waals surface area contributed by atoms with Gasteiger partial charge in [-0.2, -0.15) is 0 Å². The summed E-state index contributed by atoms with van der Waals surface area (Å²) in [5.41, 5.74) is -0.265. The van der Waals surface area contributed by atoms with Gasteiger partial charge in [-0.05, 0) is 32.9 Å². The van der Waals surface area contributed by atoms with Gasteiger partial charge in [0, 0.05) is 30.8 Å². The van der Waals surface area contributed by atoms with Gasteiger partial charge in [0.15, 0.2) is 0 Å². The fourth-order valence-corrected chi connectivity index (χ4v) is 2.57. The lowest BCUT2D eigenvalue weighted by Crippen LogP contribution is -2.40. The number of carbonyl (C=O) groups is 2. The smallest absolute Gasteiger partial charge is 0.407 e. The van der Waals surface area contributed by atoms with Crippen molar-refractivity contribution in [3.05, 3.63) is 34.1 Å². The number of ether oxygens (including phenoxy) is 2. The molecule has 0 aromatic heterocycles. The fraction of sp³-hybridized carbons (Fsp3) is 0.529. The Morgan fingerprint density at radius 1 is 1.32 bits per heavy atom. The molecule has 2 rings (SSSR count). The molecule has 1 saturated heterocycles. The number of morpholine rings is 1. The number of benzene rings is 1. The first-order valence-electron chi connectivity index (χ1n) is 7.99. The summed E-state index contributed by atoms with van der Waals surface area (Å²) in [6.45, 7) is 6.92. The summed E-state index contributed by atoms with van der Waals surface area (Å²) in [4.78, 5) is 25.9. The molecule has 1 fully saturated rings. The molecule has 1 aliphatic rings. The average molecular weight is 373 g/mol. The molecular formula is C17H22ClFN2O4. The van der Waals surface area contributed by atoms with Crippen molar-refractivity contribution in [1.29, 1.82) is 0 Å². The Hall–Kier alpha value is -1.86.